The molecule has 1 aromatic carbocycles. The molecule has 0 unspecified atom stereocenters. The predicted octanol–water partition coefficient (Wildman–Crippen LogP) is -0.117. The fraction of sp³-hybridized carbons (Fsp3) is 0.538. The van der Waals surface area contributed by atoms with Crippen LogP contribution in [-0.2, 0) is 28.5 Å². The van der Waals surface area contributed by atoms with E-state index < -0.39 is 73.0 Å². The van der Waals surface area contributed by atoms with E-state index in [1.807, 2.05) is 0 Å². The Bertz CT molecular complexity index is 1130. The van der Waals surface area contributed by atoms with Crippen LogP contribution >= 0.6 is 0 Å². The van der Waals surface area contributed by atoms with Crippen LogP contribution in [0.15, 0.2) is 36.1 Å². The highest BCUT2D eigenvalue weighted by Crippen LogP contribution is 2.49. The van der Waals surface area contributed by atoms with Gasteiger partial charge in [0.2, 0.25) is 6.29 Å². The smallest absolute Gasteiger partial charge is 0.334 e. The summed E-state index contributed by atoms with van der Waals surface area (Å²) >= 11 is 0. The number of hydrogen-bond donors (Lipinski definition) is 6. The fourth-order valence-electron chi connectivity index (χ4n) is 5.17. The van der Waals surface area contributed by atoms with Gasteiger partial charge in [-0.15, -0.1) is 0 Å². The number of esters is 1. The number of fused-ring (bicyclic) bond motifs is 1. The summed E-state index contributed by atoms with van der Waals surface area (Å²) in [6.45, 7) is 1.02. The third-order valence-electron chi connectivity index (χ3n) is 7.32. The highest BCUT2D eigenvalue weighted by molar-refractivity contribution is 5.87. The molecule has 2 aliphatic heterocycles. The summed E-state index contributed by atoms with van der Waals surface area (Å²) in [6.07, 6.45) is -4.98. The molecule has 1 saturated carbocycles. The summed E-state index contributed by atoms with van der Waals surface area (Å²) in [6, 6.07) is 4.44. The van der Waals surface area contributed by atoms with Gasteiger partial charge in [0, 0.05) is 12.0 Å². The zero-order valence-corrected chi connectivity index (χ0v) is 21.2. The normalized spacial score (nSPS) is 36.1. The molecular weight excluding hydrogens is 520 g/mol. The summed E-state index contributed by atoms with van der Waals surface area (Å²) in [7, 11) is 1.38. The second kappa shape index (κ2) is 11.5. The van der Waals surface area contributed by atoms with Crippen LogP contribution in [0.3, 0.4) is 0 Å². The number of hydrogen-bond acceptors (Lipinski definition) is 12. The lowest BCUT2D eigenvalue weighted by atomic mass is 9.81. The zero-order valence-electron chi connectivity index (χ0n) is 21.2. The third-order valence-corrected chi connectivity index (χ3v) is 7.32. The minimum atomic E-state index is -1.74. The van der Waals surface area contributed by atoms with Crippen LogP contribution in [0.25, 0.3) is 6.08 Å². The van der Waals surface area contributed by atoms with Crippen LogP contribution in [0, 0.1) is 11.8 Å². The number of ether oxygens (including phenoxy) is 5. The van der Waals surface area contributed by atoms with E-state index in [-0.39, 0.29) is 23.5 Å². The maximum atomic E-state index is 12.2. The van der Waals surface area contributed by atoms with Crippen LogP contribution in [-0.4, -0.2) is 98.9 Å². The monoisotopic (exact) mass is 552 g/mol. The van der Waals surface area contributed by atoms with E-state index in [1.165, 1.54) is 32.2 Å². The van der Waals surface area contributed by atoms with E-state index in [9.17, 15) is 40.2 Å². The van der Waals surface area contributed by atoms with Gasteiger partial charge in [-0.05, 0) is 43.5 Å². The van der Waals surface area contributed by atoms with Crippen molar-refractivity contribution in [3.8, 4) is 11.5 Å². The molecule has 39 heavy (non-hydrogen) atoms. The Morgan fingerprint density at radius 3 is 2.59 bits per heavy atom. The fourth-order valence-corrected chi connectivity index (χ4v) is 5.17. The second-order valence-corrected chi connectivity index (χ2v) is 9.96. The largest absolute Gasteiger partial charge is 0.504 e. The first-order valence-electron chi connectivity index (χ1n) is 12.3. The zero-order chi connectivity index (χ0) is 28.5. The van der Waals surface area contributed by atoms with Gasteiger partial charge in [-0.2, -0.15) is 0 Å². The molecule has 2 fully saturated rings. The van der Waals surface area contributed by atoms with Gasteiger partial charge in [-0.25, -0.2) is 9.59 Å². The number of aliphatic carboxylic acids is 1. The topological polar surface area (TPSA) is 202 Å². The number of rotatable bonds is 8. The van der Waals surface area contributed by atoms with Crippen LogP contribution in [0.2, 0.25) is 0 Å². The van der Waals surface area contributed by atoms with Crippen molar-refractivity contribution in [2.24, 2.45) is 11.8 Å². The average molecular weight is 553 g/mol. The maximum absolute atomic E-state index is 12.2. The van der Waals surface area contributed by atoms with E-state index in [1.54, 1.807) is 6.07 Å². The first-order chi connectivity index (χ1) is 18.4. The summed E-state index contributed by atoms with van der Waals surface area (Å²) in [5, 5.41) is 61.3. The van der Waals surface area contributed by atoms with Crippen LogP contribution < -0.4 is 4.74 Å². The number of aliphatic hydroxyl groups excluding tert-OH is 3. The van der Waals surface area contributed by atoms with Gasteiger partial charge in [0.25, 0.3) is 0 Å². The number of aromatic hydroxyl groups is 1. The van der Waals surface area contributed by atoms with Crippen molar-refractivity contribution in [1.82, 2.24) is 0 Å². The second-order valence-electron chi connectivity index (χ2n) is 9.96. The van der Waals surface area contributed by atoms with Crippen molar-refractivity contribution in [1.29, 1.82) is 0 Å². The van der Waals surface area contributed by atoms with Crippen LogP contribution in [0.4, 0.5) is 0 Å². The third kappa shape index (κ3) is 6.03. The Hall–Kier alpha value is -3.20. The first-order valence-corrected chi connectivity index (χ1v) is 12.3. The van der Waals surface area contributed by atoms with Gasteiger partial charge < -0.3 is 54.3 Å². The van der Waals surface area contributed by atoms with E-state index in [0.717, 1.165) is 12.3 Å². The molecular formula is C26H32O13. The van der Waals surface area contributed by atoms with Gasteiger partial charge in [-0.3, -0.25) is 0 Å². The molecule has 3 aliphatic rings. The van der Waals surface area contributed by atoms with Crippen LogP contribution in [0.1, 0.15) is 25.3 Å². The van der Waals surface area contributed by atoms with E-state index in [4.69, 9.17) is 23.7 Å². The minimum Gasteiger partial charge on any atom is -0.504 e. The molecule has 13 heteroatoms. The number of carbonyl (C=O) groups is 2. The molecule has 0 aromatic heterocycles. The van der Waals surface area contributed by atoms with Crippen LogP contribution in [0.5, 0.6) is 11.5 Å². The number of aliphatic hydroxyl groups is 4. The predicted molar refractivity (Wildman–Crippen MR) is 130 cm³/mol. The molecule has 214 valence electrons. The Labute approximate surface area is 223 Å². The van der Waals surface area contributed by atoms with Gasteiger partial charge in [0.15, 0.2) is 17.8 Å². The summed E-state index contributed by atoms with van der Waals surface area (Å²) in [5.74, 6) is -3.23. The van der Waals surface area contributed by atoms with Crippen molar-refractivity contribution in [2.45, 2.75) is 62.4 Å². The van der Waals surface area contributed by atoms with Crippen molar-refractivity contribution < 1.29 is 63.9 Å². The van der Waals surface area contributed by atoms with Gasteiger partial charge in [-0.1, -0.05) is 6.07 Å². The van der Waals surface area contributed by atoms with Gasteiger partial charge in [0.05, 0.1) is 30.5 Å². The summed E-state index contributed by atoms with van der Waals surface area (Å²) in [4.78, 5) is 23.9. The van der Waals surface area contributed by atoms with E-state index in [0.29, 0.717) is 12.0 Å². The molecule has 6 N–H and O–H groups in total. The lowest BCUT2D eigenvalue weighted by Crippen LogP contribution is -2.61. The van der Waals surface area contributed by atoms with Crippen molar-refractivity contribution in [3.05, 3.63) is 41.7 Å². The number of phenols is 1. The molecule has 0 radical (unpaired) electrons. The molecule has 0 amide bonds. The first kappa shape index (κ1) is 28.8. The number of phenolic OH excluding ortho intramolecular Hbond substituents is 1. The molecule has 0 bridgehead atoms. The maximum Gasteiger partial charge on any atom is 0.334 e. The van der Waals surface area contributed by atoms with Crippen molar-refractivity contribution in [2.75, 3.05) is 13.7 Å². The highest BCUT2D eigenvalue weighted by Gasteiger charge is 2.56. The Balaban J connectivity index is 1.40. The molecule has 1 saturated heterocycles. The number of benzene rings is 1. The Morgan fingerprint density at radius 1 is 1.15 bits per heavy atom. The molecule has 4 rings (SSSR count). The van der Waals surface area contributed by atoms with Gasteiger partial charge >= 0.3 is 11.9 Å². The van der Waals surface area contributed by atoms with Crippen molar-refractivity contribution >= 4 is 18.0 Å². The SMILES string of the molecule is COc1cc(/C=C/C(=O)OC[C@H]2O[C@@H](O[C@@H]3OC=C(C(=O)O)[C@H]4CC[C@](C)(O)[C@@H]34)[C@H](O)[C@@H](O)[C@@H]2O)ccc1O. The molecule has 0 spiro atoms. The van der Waals surface area contributed by atoms with E-state index >= 15 is 0 Å². The summed E-state index contributed by atoms with van der Waals surface area (Å²) in [5.41, 5.74) is -0.816. The van der Waals surface area contributed by atoms with E-state index in [2.05, 4.69) is 0 Å². The standard InChI is InChI=1S/C26H32O13/c1-26(34)8-7-13-14(23(32)33)10-37-24(19(13)26)39-25-22(31)21(30)20(29)17(38-25)11-36-18(28)6-4-12-3-5-15(27)16(9-12)35-2/h3-6,9-10,13,17,19-22,24-25,27,29-31,34H,7-8,11H2,1-2H3,(H,32,33)/b6-4+/t13-,17-,19-,20-,21+,22-,24+,25+,26+/m1/s1. The lowest BCUT2D eigenvalue weighted by Gasteiger charge is -2.44. The number of carboxylic acids is 1. The highest BCUT2D eigenvalue weighted by atomic mass is 16.8. The minimum absolute atomic E-state index is 0.0122. The average Bonchev–Trinajstić information content (AvgIpc) is 3.23. The van der Waals surface area contributed by atoms with Crippen molar-refractivity contribution in [3.63, 3.8) is 0 Å². The molecule has 1 aromatic rings. The quantitative estimate of drug-likeness (QED) is 0.184. The number of carboxylic acid groups (broad SMARTS) is 1. The van der Waals surface area contributed by atoms with Gasteiger partial charge in [0.1, 0.15) is 31.0 Å². The lowest BCUT2D eigenvalue weighted by molar-refractivity contribution is -0.346. The molecule has 1 aliphatic carbocycles. The Kier molecular flexibility index (Phi) is 8.49. The molecule has 13 nitrogen and oxygen atoms in total. The molecule has 9 atom stereocenters. The number of carbonyl (C=O) groups excluding carboxylic acids is 1. The number of methoxy groups -OCH3 is 1. The molecule has 2 heterocycles. The Morgan fingerprint density at radius 2 is 1.90 bits per heavy atom. The summed E-state index contributed by atoms with van der Waals surface area (Å²) < 4.78 is 27.0.